The van der Waals surface area contributed by atoms with Gasteiger partial charge in [0.1, 0.15) is 5.78 Å². The normalized spacial score (nSPS) is 17.3. The van der Waals surface area contributed by atoms with Crippen LogP contribution in [0.25, 0.3) is 0 Å². The second kappa shape index (κ2) is 44.6. The topological polar surface area (TPSA) is 270 Å². The highest BCUT2D eigenvalue weighted by atomic mass is 16.5. The molecule has 480 valence electrons. The molecule has 1 aromatic carbocycles. The van der Waals surface area contributed by atoms with Gasteiger partial charge in [0, 0.05) is 129 Å². The summed E-state index contributed by atoms with van der Waals surface area (Å²) in [5, 5.41) is 6.48. The van der Waals surface area contributed by atoms with Gasteiger partial charge in [-0.2, -0.15) is 0 Å². The van der Waals surface area contributed by atoms with Gasteiger partial charge in [0.2, 0.25) is 0 Å². The molecule has 2 aliphatic heterocycles. The van der Waals surface area contributed by atoms with Crippen LogP contribution in [0.2, 0.25) is 0 Å². The van der Waals surface area contributed by atoms with Gasteiger partial charge in [-0.1, -0.05) is 33.6 Å². The second-order valence-electron chi connectivity index (χ2n) is 19.8. The summed E-state index contributed by atoms with van der Waals surface area (Å²) in [5.41, 5.74) is 1.74. The van der Waals surface area contributed by atoms with Crippen LogP contribution in [-0.4, -0.2) is 326 Å². The van der Waals surface area contributed by atoms with Gasteiger partial charge in [-0.3, -0.25) is 77.6 Å². The average molecular weight is 1200 g/mol. The molecule has 0 bridgehead atoms. The maximum absolute atomic E-state index is 13.2. The third-order valence-corrected chi connectivity index (χ3v) is 13.9. The Balaban J connectivity index is 0.0000176. The number of methoxy groups -OCH3 is 7. The van der Waals surface area contributed by atoms with Crippen molar-refractivity contribution in [2.24, 2.45) is 0 Å². The van der Waals surface area contributed by atoms with E-state index in [4.69, 9.17) is 42.6 Å². The van der Waals surface area contributed by atoms with Gasteiger partial charge >= 0.3 is 41.8 Å². The summed E-state index contributed by atoms with van der Waals surface area (Å²) in [5.74, 6) is -2.24. The van der Waals surface area contributed by atoms with Crippen LogP contribution in [0.5, 0.6) is 0 Å². The maximum atomic E-state index is 13.2. The molecule has 1 aromatic rings. The molecule has 27 nitrogen and oxygen atoms in total. The van der Waals surface area contributed by atoms with Crippen LogP contribution in [0, 0.1) is 0 Å². The fraction of sp³-hybridized carbons (Fsp3) is 0.719. The Labute approximate surface area is 498 Å². The Kier molecular flexibility index (Phi) is 40.4. The number of ether oxygens (including phenoxy) is 9. The Morgan fingerprint density at radius 3 is 1.17 bits per heavy atom. The molecule has 2 N–H and O–H groups in total. The molecular weight excluding hydrogens is 1100 g/mol. The largest absolute Gasteiger partial charge is 0.468 e. The van der Waals surface area contributed by atoms with Crippen LogP contribution in [0.15, 0.2) is 36.7 Å². The number of hydrogen-bond acceptors (Lipinski definition) is 27. The molecule has 0 amide bonds. The lowest BCUT2D eigenvalue weighted by molar-refractivity contribution is -0.145. The lowest BCUT2D eigenvalue weighted by atomic mass is 10.0. The highest BCUT2D eigenvalue weighted by Crippen LogP contribution is 2.17. The van der Waals surface area contributed by atoms with Gasteiger partial charge in [-0.05, 0) is 30.5 Å². The van der Waals surface area contributed by atoms with E-state index in [-0.39, 0.29) is 96.9 Å². The standard InChI is InChI=1S/C55H92N10O17.2CH4/c1-44(56-15-31-82-33-32-81-30-9-10-48(66)36-58-16-18-59(37-49(67)74-2)20-22-61(39-51(69)76-4)23-21-60(19-17-58)38-50(68)75-3)57-46-13-11-45(12-14-46)34-47-35-64(42-54(72)79-7)27-26-62(40-52(70)77-5)24-25-63(41-53(71)78-6)28-29-65(47)43-55(73)80-8;;/h11-14,47,56-57H,1,9-10,15-43H2,2-8H3;2*1H4. The van der Waals surface area contributed by atoms with Crippen LogP contribution in [0.4, 0.5) is 5.69 Å². The number of nitrogens with zero attached hydrogens (tertiary/aromatic N) is 8. The lowest BCUT2D eigenvalue weighted by Gasteiger charge is -2.38. The minimum Gasteiger partial charge on any atom is -0.468 e. The highest BCUT2D eigenvalue weighted by Gasteiger charge is 2.29. The van der Waals surface area contributed by atoms with Crippen molar-refractivity contribution in [2.75, 3.05) is 239 Å². The molecule has 27 heteroatoms. The molecule has 0 aliphatic carbocycles. The number of ketones is 1. The zero-order valence-corrected chi connectivity index (χ0v) is 49.5. The number of nitrogens with one attached hydrogen (secondary N) is 2. The third kappa shape index (κ3) is 33.0. The first kappa shape index (κ1) is 76.1. The first-order valence-corrected chi connectivity index (χ1v) is 27.7. The van der Waals surface area contributed by atoms with Gasteiger partial charge in [-0.25, -0.2) is 0 Å². The molecule has 84 heavy (non-hydrogen) atoms. The summed E-state index contributed by atoms with van der Waals surface area (Å²) in [6, 6.07) is 7.50. The van der Waals surface area contributed by atoms with Crippen LogP contribution < -0.4 is 10.6 Å². The number of benzene rings is 1. The molecule has 2 saturated heterocycles. The smallest absolute Gasteiger partial charge is 0.319 e. The SMILES string of the molecule is C.C.C=C(NCCOCCOCCCC(=O)CN1CCN(CC(=O)OC)CCN(CC(=O)OC)CCN(CC(=O)OC)CC1)Nc1ccc(CC2CN(CC(=O)OC)CCN(CC(=O)OC)CCN(CC(=O)OC)CCN2CC(=O)OC)cc1. The van der Waals surface area contributed by atoms with Gasteiger partial charge in [0.25, 0.3) is 0 Å². The monoisotopic (exact) mass is 1200 g/mol. The van der Waals surface area contributed by atoms with Crippen molar-refractivity contribution in [2.45, 2.75) is 40.2 Å². The van der Waals surface area contributed by atoms with Gasteiger partial charge in [0.05, 0.1) is 128 Å². The van der Waals surface area contributed by atoms with Crippen LogP contribution in [-0.2, 0) is 87.4 Å². The van der Waals surface area contributed by atoms with Crippen LogP contribution in [0.3, 0.4) is 0 Å². The molecule has 0 saturated carbocycles. The molecule has 3 rings (SSSR count). The van der Waals surface area contributed by atoms with Crippen LogP contribution in [0.1, 0.15) is 33.3 Å². The zero-order chi connectivity index (χ0) is 60.1. The molecule has 0 spiro atoms. The Morgan fingerprint density at radius 2 is 0.774 bits per heavy atom. The molecule has 0 radical (unpaired) electrons. The number of carbonyl (C=O) groups excluding carboxylic acids is 8. The first-order chi connectivity index (χ1) is 39.5. The van der Waals surface area contributed by atoms with E-state index in [2.05, 4.69) is 17.2 Å². The molecule has 2 aliphatic rings. The average Bonchev–Trinajstić information content (AvgIpc) is 3.53. The summed E-state index contributed by atoms with van der Waals surface area (Å²) >= 11 is 0. The molecule has 1 unspecified atom stereocenters. The van der Waals surface area contributed by atoms with Crippen molar-refractivity contribution in [3.05, 3.63) is 42.2 Å². The number of Topliss-reactive ketones (excluding diaryl/α,β-unsaturated/α-hetero) is 1. The molecule has 2 heterocycles. The number of anilines is 1. The number of esters is 7. The van der Waals surface area contributed by atoms with Crippen molar-refractivity contribution in [1.29, 1.82) is 0 Å². The van der Waals surface area contributed by atoms with Crippen molar-refractivity contribution >= 4 is 53.3 Å². The number of rotatable bonds is 31. The quantitative estimate of drug-likeness (QED) is 0.0533. The van der Waals surface area contributed by atoms with E-state index in [9.17, 15) is 38.4 Å². The molecule has 2 fully saturated rings. The third-order valence-electron chi connectivity index (χ3n) is 13.9. The highest BCUT2D eigenvalue weighted by molar-refractivity contribution is 5.80. The maximum Gasteiger partial charge on any atom is 0.319 e. The Bertz CT molecular complexity index is 2080. The summed E-state index contributed by atoms with van der Waals surface area (Å²) in [7, 11) is 9.32. The van der Waals surface area contributed by atoms with E-state index in [1.807, 2.05) is 63.5 Å². The summed E-state index contributed by atoms with van der Waals surface area (Å²) in [6.45, 7) is 13.0. The predicted octanol–water partition coefficient (Wildman–Crippen LogP) is -0.621. The summed E-state index contributed by atoms with van der Waals surface area (Å²) in [6.07, 6.45) is 1.33. The second-order valence-corrected chi connectivity index (χ2v) is 19.8. The Hall–Kier alpha value is -5.88. The fourth-order valence-corrected chi connectivity index (χ4v) is 9.04. The first-order valence-electron chi connectivity index (χ1n) is 27.7. The van der Waals surface area contributed by atoms with E-state index >= 15 is 0 Å². The minimum atomic E-state index is -0.433. The number of hydrogen-bond donors (Lipinski definition) is 2. The van der Waals surface area contributed by atoms with Gasteiger partial charge < -0.3 is 53.3 Å². The number of carbonyl (C=O) groups is 8. The van der Waals surface area contributed by atoms with Gasteiger partial charge in [-0.15, -0.1) is 0 Å². The van der Waals surface area contributed by atoms with E-state index in [1.54, 1.807) is 0 Å². The van der Waals surface area contributed by atoms with Crippen molar-refractivity contribution in [3.8, 4) is 0 Å². The van der Waals surface area contributed by atoms with Crippen molar-refractivity contribution in [3.63, 3.8) is 0 Å². The predicted molar refractivity (Wildman–Crippen MR) is 315 cm³/mol. The van der Waals surface area contributed by atoms with Gasteiger partial charge in [0.15, 0.2) is 0 Å². The molecule has 0 aromatic heterocycles. The molecule has 1 atom stereocenters. The van der Waals surface area contributed by atoms with E-state index in [1.165, 1.54) is 49.8 Å². The minimum absolute atomic E-state index is 0. The van der Waals surface area contributed by atoms with E-state index < -0.39 is 23.9 Å². The van der Waals surface area contributed by atoms with Crippen LogP contribution >= 0.6 is 0 Å². The Morgan fingerprint density at radius 1 is 0.440 bits per heavy atom. The van der Waals surface area contributed by atoms with E-state index in [0.29, 0.717) is 156 Å². The fourth-order valence-electron chi connectivity index (χ4n) is 9.04. The van der Waals surface area contributed by atoms with Crippen molar-refractivity contribution in [1.82, 2.24) is 44.5 Å². The van der Waals surface area contributed by atoms with Crippen molar-refractivity contribution < 1.29 is 81.0 Å². The zero-order valence-electron chi connectivity index (χ0n) is 49.5. The molecular formula is C57H100N10O17. The van der Waals surface area contributed by atoms with E-state index in [0.717, 1.165) is 11.3 Å². The lowest BCUT2D eigenvalue weighted by Crippen LogP contribution is -2.53. The summed E-state index contributed by atoms with van der Waals surface area (Å²) in [4.78, 5) is 116. The summed E-state index contributed by atoms with van der Waals surface area (Å²) < 4.78 is 46.4.